The van der Waals surface area contributed by atoms with E-state index in [-0.39, 0.29) is 16.8 Å². The molecule has 1 radical (unpaired) electrons. The predicted molar refractivity (Wildman–Crippen MR) is 99.3 cm³/mol. The third-order valence-electron chi connectivity index (χ3n) is 4.46. The average molecular weight is 419 g/mol. The number of aryl methyl sites for hydroxylation is 1. The van der Waals surface area contributed by atoms with E-state index in [1.54, 1.807) is 11.7 Å². The van der Waals surface area contributed by atoms with Gasteiger partial charge in [0, 0.05) is 17.5 Å². The summed E-state index contributed by atoms with van der Waals surface area (Å²) in [5, 5.41) is 9.58. The van der Waals surface area contributed by atoms with Gasteiger partial charge in [-0.05, 0) is 18.6 Å². The molecule has 6 nitrogen and oxygen atoms in total. The minimum absolute atomic E-state index is 0.188. The van der Waals surface area contributed by atoms with Crippen molar-refractivity contribution in [1.82, 2.24) is 14.8 Å². The average Bonchev–Trinajstić information content (AvgIpc) is 3.43. The molecule has 1 aliphatic heterocycles. The second-order valence-corrected chi connectivity index (χ2v) is 7.34. The molecule has 2 unspecified atom stereocenters. The van der Waals surface area contributed by atoms with Crippen LogP contribution in [0.1, 0.15) is 46.2 Å². The second-order valence-electron chi connectivity index (χ2n) is 6.45. The van der Waals surface area contributed by atoms with Crippen LogP contribution in [0.4, 0.5) is 13.2 Å². The number of thiazole rings is 1. The van der Waals surface area contributed by atoms with Crippen molar-refractivity contribution in [3.05, 3.63) is 69.4 Å². The fourth-order valence-electron chi connectivity index (χ4n) is 3.01. The van der Waals surface area contributed by atoms with Crippen LogP contribution in [-0.2, 0) is 15.8 Å². The lowest BCUT2D eigenvalue weighted by Crippen LogP contribution is -2.16. The van der Waals surface area contributed by atoms with Crippen molar-refractivity contribution in [2.24, 2.45) is 5.16 Å². The summed E-state index contributed by atoms with van der Waals surface area (Å²) in [5.41, 5.74) is 1.23. The van der Waals surface area contributed by atoms with Crippen molar-refractivity contribution >= 4 is 23.3 Å². The monoisotopic (exact) mass is 419 g/mol. The fourth-order valence-corrected chi connectivity index (χ4v) is 3.86. The van der Waals surface area contributed by atoms with E-state index in [4.69, 9.17) is 4.84 Å². The number of alkyl halides is 3. The van der Waals surface area contributed by atoms with Gasteiger partial charge in [-0.15, -0.1) is 11.3 Å². The molecular formula is C19H14F3N4O2S. The van der Waals surface area contributed by atoms with E-state index in [1.165, 1.54) is 6.92 Å². The Hall–Kier alpha value is -3.01. The van der Waals surface area contributed by atoms with Gasteiger partial charge in [-0.3, -0.25) is 9.48 Å². The number of rotatable bonds is 5. The Morgan fingerprint density at radius 3 is 2.72 bits per heavy atom. The summed E-state index contributed by atoms with van der Waals surface area (Å²) in [6.07, 6.45) is -2.59. The molecule has 3 aromatic rings. The second kappa shape index (κ2) is 7.43. The minimum Gasteiger partial charge on any atom is -0.387 e. The Morgan fingerprint density at radius 1 is 1.31 bits per heavy atom. The molecule has 1 aromatic carbocycles. The number of oxime groups is 1. The summed E-state index contributed by atoms with van der Waals surface area (Å²) in [5.74, 6) is 0. The van der Waals surface area contributed by atoms with Crippen LogP contribution in [0.25, 0.3) is 0 Å². The van der Waals surface area contributed by atoms with Gasteiger partial charge in [-0.1, -0.05) is 35.5 Å². The molecule has 0 amide bonds. The smallest absolute Gasteiger partial charge is 0.387 e. The molecule has 1 aliphatic rings. The van der Waals surface area contributed by atoms with Gasteiger partial charge in [0.15, 0.2) is 17.8 Å². The minimum atomic E-state index is -4.60. The van der Waals surface area contributed by atoms with E-state index in [2.05, 4.69) is 15.2 Å². The third-order valence-corrected chi connectivity index (χ3v) is 5.36. The molecule has 29 heavy (non-hydrogen) atoms. The van der Waals surface area contributed by atoms with Crippen LogP contribution in [0.5, 0.6) is 0 Å². The zero-order valence-corrected chi connectivity index (χ0v) is 15.9. The van der Waals surface area contributed by atoms with E-state index in [0.29, 0.717) is 17.8 Å². The Bertz CT molecular complexity index is 1060. The summed E-state index contributed by atoms with van der Waals surface area (Å²) < 4.78 is 39.7. The van der Waals surface area contributed by atoms with E-state index >= 15 is 0 Å². The summed E-state index contributed by atoms with van der Waals surface area (Å²) in [4.78, 5) is 21.4. The van der Waals surface area contributed by atoms with Crippen molar-refractivity contribution in [3.8, 4) is 0 Å². The Morgan fingerprint density at radius 2 is 2.07 bits per heavy atom. The quantitative estimate of drug-likeness (QED) is 0.621. The Labute approximate surface area is 167 Å². The molecule has 149 valence electrons. The first kappa shape index (κ1) is 19.3. The molecule has 10 heteroatoms. The molecule has 2 aromatic heterocycles. The van der Waals surface area contributed by atoms with Gasteiger partial charge in [0.25, 0.3) is 0 Å². The molecule has 0 spiro atoms. The first-order valence-corrected chi connectivity index (χ1v) is 9.49. The number of benzene rings is 1. The van der Waals surface area contributed by atoms with E-state index in [0.717, 1.165) is 27.6 Å². The van der Waals surface area contributed by atoms with Gasteiger partial charge in [-0.25, -0.2) is 4.98 Å². The molecule has 0 saturated heterocycles. The molecular weight excluding hydrogens is 405 g/mol. The number of aromatic nitrogens is 3. The molecule has 0 fully saturated rings. The molecule has 0 N–H and O–H groups in total. The summed E-state index contributed by atoms with van der Waals surface area (Å²) in [6, 6.07) is 9.31. The normalized spacial score (nSPS) is 17.7. The van der Waals surface area contributed by atoms with Crippen LogP contribution in [-0.4, -0.2) is 26.8 Å². The maximum absolute atomic E-state index is 12.9. The zero-order valence-electron chi connectivity index (χ0n) is 15.1. The summed E-state index contributed by atoms with van der Waals surface area (Å²) in [6.45, 7) is 1.44. The van der Waals surface area contributed by atoms with Crippen LogP contribution >= 0.6 is 11.3 Å². The van der Waals surface area contributed by atoms with Crippen molar-refractivity contribution in [2.75, 3.05) is 0 Å². The third kappa shape index (κ3) is 3.80. The van der Waals surface area contributed by atoms with Crippen LogP contribution in [0.15, 0.2) is 46.9 Å². The maximum Gasteiger partial charge on any atom is 0.435 e. The molecule has 0 aliphatic carbocycles. The Kier molecular flexibility index (Phi) is 4.95. The van der Waals surface area contributed by atoms with Crippen LogP contribution in [0.2, 0.25) is 0 Å². The number of nitrogens with zero attached hydrogens (tertiary/aromatic N) is 4. The van der Waals surface area contributed by atoms with Gasteiger partial charge in [-0.2, -0.15) is 18.3 Å². The van der Waals surface area contributed by atoms with Crippen LogP contribution in [0.3, 0.4) is 0 Å². The van der Waals surface area contributed by atoms with Gasteiger partial charge in [0.05, 0.1) is 5.69 Å². The highest BCUT2D eigenvalue weighted by Gasteiger charge is 2.36. The van der Waals surface area contributed by atoms with Crippen molar-refractivity contribution in [3.63, 3.8) is 0 Å². The first-order valence-electron chi connectivity index (χ1n) is 8.61. The topological polar surface area (TPSA) is 69.4 Å². The van der Waals surface area contributed by atoms with Gasteiger partial charge < -0.3 is 4.84 Å². The van der Waals surface area contributed by atoms with Crippen molar-refractivity contribution in [2.45, 2.75) is 31.7 Å². The first-order chi connectivity index (χ1) is 13.9. The van der Waals surface area contributed by atoms with E-state index in [9.17, 15) is 18.0 Å². The fraction of sp³-hybridized carbons (Fsp3) is 0.263. The summed E-state index contributed by atoms with van der Waals surface area (Å²) in [7, 11) is 0. The molecule has 0 saturated carbocycles. The van der Waals surface area contributed by atoms with Crippen LogP contribution in [0, 0.1) is 6.92 Å². The maximum atomic E-state index is 12.9. The lowest BCUT2D eigenvalue weighted by molar-refractivity contribution is -0.141. The van der Waals surface area contributed by atoms with E-state index in [1.807, 2.05) is 30.3 Å². The highest BCUT2D eigenvalue weighted by atomic mass is 32.1. The highest BCUT2D eigenvalue weighted by molar-refractivity contribution is 7.10. The standard InChI is InChI=1S/C19H14F3N4O2S/c1-11-7-17(19(20,21)22)24-26(11)15(9-27)18-23-14(10-29-18)13-8-16(28-25-13)12-5-3-2-4-6-12/h2-7,10,15-16H,8H2,1H3. The number of hydrogen-bond donors (Lipinski definition) is 0. The number of halogens is 3. The van der Waals surface area contributed by atoms with Crippen LogP contribution < -0.4 is 0 Å². The molecule has 2 atom stereocenters. The molecule has 0 bridgehead atoms. The highest BCUT2D eigenvalue weighted by Crippen LogP contribution is 2.32. The van der Waals surface area contributed by atoms with Gasteiger partial charge in [0.2, 0.25) is 6.29 Å². The lowest BCUT2D eigenvalue weighted by atomic mass is 10.0. The molecule has 3 heterocycles. The SMILES string of the molecule is Cc1cc(C(F)(F)F)nn1C([C]=O)c1nc(C2=NOC(c3ccccc3)C2)cs1. The van der Waals surface area contributed by atoms with E-state index < -0.39 is 17.9 Å². The zero-order chi connectivity index (χ0) is 20.6. The number of carbonyl (C=O) groups excluding carboxylic acids is 1. The van der Waals surface area contributed by atoms with Crippen molar-refractivity contribution < 1.29 is 22.8 Å². The molecule has 4 rings (SSSR count). The number of hydrogen-bond acceptors (Lipinski definition) is 6. The van der Waals surface area contributed by atoms with Gasteiger partial charge >= 0.3 is 6.18 Å². The Balaban J connectivity index is 1.56. The van der Waals surface area contributed by atoms with Crippen molar-refractivity contribution in [1.29, 1.82) is 0 Å². The van der Waals surface area contributed by atoms with Gasteiger partial charge in [0.1, 0.15) is 10.7 Å². The predicted octanol–water partition coefficient (Wildman–Crippen LogP) is 4.23. The lowest BCUT2D eigenvalue weighted by Gasteiger charge is -2.09. The summed E-state index contributed by atoms with van der Waals surface area (Å²) >= 11 is 1.13. The largest absolute Gasteiger partial charge is 0.435 e.